The fraction of sp³-hybridized carbons (Fsp3) is 0.474. The molecule has 1 aromatic carbocycles. The van der Waals surface area contributed by atoms with E-state index in [1.165, 1.54) is 19.1 Å². The van der Waals surface area contributed by atoms with Gasteiger partial charge in [0.25, 0.3) is 0 Å². The number of Topliss-reactive ketones (excluding diaryl/α,β-unsaturated/α-hetero) is 1. The molecule has 0 radical (unpaired) electrons. The van der Waals surface area contributed by atoms with Crippen LogP contribution in [0, 0.1) is 12.8 Å². The van der Waals surface area contributed by atoms with E-state index in [1.54, 1.807) is 6.92 Å². The fourth-order valence-electron chi connectivity index (χ4n) is 3.60. The van der Waals surface area contributed by atoms with E-state index in [0.717, 1.165) is 0 Å². The second-order valence-electron chi connectivity index (χ2n) is 7.06. The number of phenols is 1. The number of aliphatic hydroxyl groups is 4. The van der Waals surface area contributed by atoms with Crippen LogP contribution < -0.4 is 5.43 Å². The van der Waals surface area contributed by atoms with Crippen LogP contribution in [-0.2, 0) is 16.0 Å². The minimum Gasteiger partial charge on any atom is -0.507 e. The van der Waals surface area contributed by atoms with E-state index in [2.05, 4.69) is 0 Å². The van der Waals surface area contributed by atoms with E-state index in [9.17, 15) is 35.1 Å². The summed E-state index contributed by atoms with van der Waals surface area (Å²) in [6.45, 7) is 2.28. The number of carbonyl (C=O) groups excluding carboxylic acids is 1. The van der Waals surface area contributed by atoms with Crippen molar-refractivity contribution in [3.05, 3.63) is 39.2 Å². The van der Waals surface area contributed by atoms with Gasteiger partial charge in [-0.2, -0.15) is 0 Å². The number of carbonyl (C=O) groups is 1. The van der Waals surface area contributed by atoms with Crippen molar-refractivity contribution in [3.63, 3.8) is 0 Å². The molecule has 0 amide bonds. The van der Waals surface area contributed by atoms with Gasteiger partial charge in [0.1, 0.15) is 35.1 Å². The van der Waals surface area contributed by atoms with Crippen LogP contribution in [0.15, 0.2) is 21.3 Å². The first-order chi connectivity index (χ1) is 13.1. The molecule has 2 heterocycles. The molecule has 0 aliphatic carbocycles. The van der Waals surface area contributed by atoms with Crippen molar-refractivity contribution in [3.8, 4) is 5.75 Å². The number of ketones is 1. The van der Waals surface area contributed by atoms with Crippen LogP contribution in [0.2, 0.25) is 0 Å². The molecular formula is C19H22O9. The molecular weight excluding hydrogens is 372 g/mol. The Bertz CT molecular complexity index is 964. The van der Waals surface area contributed by atoms with Gasteiger partial charge in [0.15, 0.2) is 11.7 Å². The van der Waals surface area contributed by atoms with Crippen molar-refractivity contribution >= 4 is 16.8 Å². The quantitative estimate of drug-likeness (QED) is 0.468. The summed E-state index contributed by atoms with van der Waals surface area (Å²) in [4.78, 5) is 24.0. The largest absolute Gasteiger partial charge is 0.507 e. The predicted molar refractivity (Wildman–Crippen MR) is 95.7 cm³/mol. The Hall–Kier alpha value is -2.30. The summed E-state index contributed by atoms with van der Waals surface area (Å²) >= 11 is 0. The summed E-state index contributed by atoms with van der Waals surface area (Å²) in [6, 6.07) is 2.50. The highest BCUT2D eigenvalue weighted by Crippen LogP contribution is 2.43. The highest BCUT2D eigenvalue weighted by atomic mass is 16.6. The normalized spacial score (nSPS) is 27.9. The summed E-state index contributed by atoms with van der Waals surface area (Å²) in [5.74, 6) is -1.62. The number of aromatic hydroxyl groups is 1. The summed E-state index contributed by atoms with van der Waals surface area (Å²) < 4.78 is 11.1. The zero-order valence-electron chi connectivity index (χ0n) is 15.3. The lowest BCUT2D eigenvalue weighted by atomic mass is 9.84. The molecule has 3 rings (SSSR count). The summed E-state index contributed by atoms with van der Waals surface area (Å²) in [5, 5.41) is 50.3. The van der Waals surface area contributed by atoms with Crippen molar-refractivity contribution in [2.45, 2.75) is 44.9 Å². The molecule has 1 aliphatic rings. The molecule has 5 N–H and O–H groups in total. The van der Waals surface area contributed by atoms with E-state index in [4.69, 9.17) is 9.15 Å². The molecule has 152 valence electrons. The second-order valence-corrected chi connectivity index (χ2v) is 7.06. The molecule has 9 heteroatoms. The van der Waals surface area contributed by atoms with Gasteiger partial charge in [-0.05, 0) is 25.5 Å². The van der Waals surface area contributed by atoms with Crippen LogP contribution in [0.25, 0.3) is 11.0 Å². The minimum absolute atomic E-state index is 0.0628. The van der Waals surface area contributed by atoms with Crippen LogP contribution >= 0.6 is 0 Å². The van der Waals surface area contributed by atoms with Gasteiger partial charge in [-0.25, -0.2) is 0 Å². The standard InChI is InChI=1S/C19H22O9/c1-7-3-11(22)14(17-10(6-20)15(24)16(25)19(26)28-17)18-13(7)12(23)5-9(27-18)4-8(2)21/h3,5,10,15-17,19-20,22,24-26H,4,6H2,1-2H3. The van der Waals surface area contributed by atoms with Crippen molar-refractivity contribution in [2.24, 2.45) is 5.92 Å². The van der Waals surface area contributed by atoms with Crippen LogP contribution in [0.1, 0.15) is 29.9 Å². The lowest BCUT2D eigenvalue weighted by Gasteiger charge is -2.40. The Labute approximate surface area is 159 Å². The van der Waals surface area contributed by atoms with Gasteiger partial charge in [-0.15, -0.1) is 0 Å². The maximum atomic E-state index is 12.6. The molecule has 1 saturated heterocycles. The van der Waals surface area contributed by atoms with Gasteiger partial charge >= 0.3 is 0 Å². The Morgan fingerprint density at radius 1 is 1.18 bits per heavy atom. The van der Waals surface area contributed by atoms with E-state index < -0.39 is 42.6 Å². The number of benzene rings is 1. The third-order valence-electron chi connectivity index (χ3n) is 4.94. The van der Waals surface area contributed by atoms with Crippen molar-refractivity contribution < 1.29 is 39.5 Å². The van der Waals surface area contributed by atoms with Gasteiger partial charge in [-0.1, -0.05) is 0 Å². The van der Waals surface area contributed by atoms with Gasteiger partial charge in [0, 0.05) is 12.0 Å². The van der Waals surface area contributed by atoms with Gasteiger partial charge in [0.05, 0.1) is 30.1 Å². The summed E-state index contributed by atoms with van der Waals surface area (Å²) in [7, 11) is 0. The molecule has 28 heavy (non-hydrogen) atoms. The van der Waals surface area contributed by atoms with E-state index in [1.807, 2.05) is 0 Å². The zero-order chi connectivity index (χ0) is 20.7. The highest BCUT2D eigenvalue weighted by Gasteiger charge is 2.46. The van der Waals surface area contributed by atoms with Crippen LogP contribution in [0.4, 0.5) is 0 Å². The fourth-order valence-corrected chi connectivity index (χ4v) is 3.60. The smallest absolute Gasteiger partial charge is 0.193 e. The SMILES string of the molecule is CC(=O)Cc1cc(=O)c2c(C)cc(O)c(C3OC(O)C(O)C(O)C3CO)c2o1. The Balaban J connectivity index is 2.28. The van der Waals surface area contributed by atoms with Gasteiger partial charge in [-0.3, -0.25) is 9.59 Å². The second kappa shape index (κ2) is 7.61. The van der Waals surface area contributed by atoms with E-state index >= 15 is 0 Å². The van der Waals surface area contributed by atoms with E-state index in [0.29, 0.717) is 5.56 Å². The highest BCUT2D eigenvalue weighted by molar-refractivity contribution is 5.86. The summed E-state index contributed by atoms with van der Waals surface area (Å²) in [6.07, 6.45) is -6.42. The molecule has 1 aromatic heterocycles. The maximum Gasteiger partial charge on any atom is 0.193 e. The number of rotatable bonds is 4. The lowest BCUT2D eigenvalue weighted by Crippen LogP contribution is -2.52. The minimum atomic E-state index is -1.79. The Morgan fingerprint density at radius 3 is 2.46 bits per heavy atom. The first kappa shape index (κ1) is 20.4. The molecule has 2 aromatic rings. The molecule has 9 nitrogen and oxygen atoms in total. The molecule has 1 fully saturated rings. The van der Waals surface area contributed by atoms with Crippen molar-refractivity contribution in [1.82, 2.24) is 0 Å². The first-order valence-electron chi connectivity index (χ1n) is 8.74. The summed E-state index contributed by atoms with van der Waals surface area (Å²) in [5.41, 5.74) is -0.154. The van der Waals surface area contributed by atoms with Crippen molar-refractivity contribution in [1.29, 1.82) is 0 Å². The third kappa shape index (κ3) is 3.43. The number of aliphatic hydroxyl groups excluding tert-OH is 4. The Kier molecular flexibility index (Phi) is 5.55. The number of phenolic OH excluding ortho intramolecular Hbond substituents is 1. The molecule has 5 atom stereocenters. The number of hydrogen-bond acceptors (Lipinski definition) is 9. The lowest BCUT2D eigenvalue weighted by molar-refractivity contribution is -0.275. The molecule has 0 bridgehead atoms. The average molecular weight is 394 g/mol. The van der Waals surface area contributed by atoms with Crippen LogP contribution in [0.3, 0.4) is 0 Å². The van der Waals surface area contributed by atoms with Crippen LogP contribution in [0.5, 0.6) is 5.75 Å². The monoisotopic (exact) mass is 394 g/mol. The molecule has 0 spiro atoms. The number of hydrogen-bond donors (Lipinski definition) is 5. The molecule has 1 aliphatic heterocycles. The zero-order valence-corrected chi connectivity index (χ0v) is 15.3. The molecule has 0 saturated carbocycles. The van der Waals surface area contributed by atoms with E-state index in [-0.39, 0.29) is 40.2 Å². The Morgan fingerprint density at radius 2 is 1.86 bits per heavy atom. The topological polar surface area (TPSA) is 158 Å². The number of fused-ring (bicyclic) bond motifs is 1. The average Bonchev–Trinajstić information content (AvgIpc) is 2.58. The third-order valence-corrected chi connectivity index (χ3v) is 4.94. The van der Waals surface area contributed by atoms with Crippen molar-refractivity contribution in [2.75, 3.05) is 6.61 Å². The molecule has 5 unspecified atom stereocenters. The predicted octanol–water partition coefficient (Wildman–Crippen LogP) is -0.341. The van der Waals surface area contributed by atoms with Gasteiger partial charge < -0.3 is 34.7 Å². The van der Waals surface area contributed by atoms with Gasteiger partial charge in [0.2, 0.25) is 0 Å². The maximum absolute atomic E-state index is 12.6. The first-order valence-corrected chi connectivity index (χ1v) is 8.74. The van der Waals surface area contributed by atoms with Crippen LogP contribution in [-0.4, -0.2) is 56.4 Å². The number of aryl methyl sites for hydroxylation is 1. The number of ether oxygens (including phenoxy) is 1.